The molecule has 0 amide bonds. The van der Waals surface area contributed by atoms with Crippen LogP contribution in [0.4, 0.5) is 5.82 Å². The summed E-state index contributed by atoms with van der Waals surface area (Å²) in [6.45, 7) is 1.77. The van der Waals surface area contributed by atoms with Gasteiger partial charge in [0.15, 0.2) is 0 Å². The highest BCUT2D eigenvalue weighted by Crippen LogP contribution is 2.26. The van der Waals surface area contributed by atoms with Crippen LogP contribution in [0.2, 0.25) is 0 Å². The van der Waals surface area contributed by atoms with Gasteiger partial charge in [0.05, 0.1) is 30.5 Å². The fourth-order valence-corrected chi connectivity index (χ4v) is 3.70. The van der Waals surface area contributed by atoms with Gasteiger partial charge in [-0.05, 0) is 31.2 Å². The topological polar surface area (TPSA) is 99.5 Å². The van der Waals surface area contributed by atoms with Gasteiger partial charge in [0.2, 0.25) is 0 Å². The number of carbonyl (C=O) groups is 1. The van der Waals surface area contributed by atoms with Crippen LogP contribution in [0.3, 0.4) is 0 Å². The summed E-state index contributed by atoms with van der Waals surface area (Å²) in [5, 5.41) is 4.34. The fourth-order valence-electron chi connectivity index (χ4n) is 2.65. The summed E-state index contributed by atoms with van der Waals surface area (Å²) in [6.07, 6.45) is 0. The third kappa shape index (κ3) is 3.84. The van der Waals surface area contributed by atoms with Crippen LogP contribution >= 0.6 is 0 Å². The second-order valence-electron chi connectivity index (χ2n) is 5.88. The number of sulfonamides is 1. The monoisotopic (exact) mass is 401 g/mol. The minimum atomic E-state index is -3.96. The molecule has 3 rings (SSSR count). The van der Waals surface area contributed by atoms with Gasteiger partial charge >= 0.3 is 5.97 Å². The van der Waals surface area contributed by atoms with Crippen LogP contribution in [0.5, 0.6) is 5.75 Å². The number of nitrogens with zero attached hydrogens (tertiary/aromatic N) is 2. The molecular formula is C19H19N3O5S. The van der Waals surface area contributed by atoms with Crippen LogP contribution in [-0.2, 0) is 14.8 Å². The third-order valence-corrected chi connectivity index (χ3v) is 5.31. The van der Waals surface area contributed by atoms with Crippen molar-refractivity contribution in [3.8, 4) is 11.4 Å². The van der Waals surface area contributed by atoms with Gasteiger partial charge in [-0.1, -0.05) is 18.2 Å². The zero-order valence-electron chi connectivity index (χ0n) is 15.5. The first-order valence-electron chi connectivity index (χ1n) is 8.27. The van der Waals surface area contributed by atoms with Crippen molar-refractivity contribution in [2.45, 2.75) is 11.8 Å². The number of carbonyl (C=O) groups excluding carboxylic acids is 1. The van der Waals surface area contributed by atoms with Gasteiger partial charge in [-0.25, -0.2) is 17.9 Å². The first-order valence-corrected chi connectivity index (χ1v) is 9.75. The molecule has 0 unspecified atom stereocenters. The van der Waals surface area contributed by atoms with Crippen molar-refractivity contribution >= 4 is 21.8 Å². The Kier molecular flexibility index (Phi) is 5.36. The minimum Gasteiger partial charge on any atom is -0.496 e. The summed E-state index contributed by atoms with van der Waals surface area (Å²) in [5.74, 6) is -0.228. The number of esters is 1. The molecule has 0 aliphatic carbocycles. The van der Waals surface area contributed by atoms with Crippen molar-refractivity contribution in [1.82, 2.24) is 9.78 Å². The highest BCUT2D eigenvalue weighted by molar-refractivity contribution is 7.92. The predicted molar refractivity (Wildman–Crippen MR) is 103 cm³/mol. The van der Waals surface area contributed by atoms with E-state index in [1.165, 1.54) is 37.1 Å². The standard InChI is InChI=1S/C19H19N3O5S/c1-13-11-18(22(20-13)14-7-5-4-6-8-14)21-28(24,25)15-9-10-16(19(23)27-3)17(12-15)26-2/h4-12,21H,1-3H3. The van der Waals surface area contributed by atoms with Gasteiger partial charge in [-0.15, -0.1) is 0 Å². The molecule has 28 heavy (non-hydrogen) atoms. The lowest BCUT2D eigenvalue weighted by Gasteiger charge is -2.12. The molecule has 1 aromatic heterocycles. The lowest BCUT2D eigenvalue weighted by molar-refractivity contribution is 0.0597. The van der Waals surface area contributed by atoms with E-state index in [-0.39, 0.29) is 16.2 Å². The maximum Gasteiger partial charge on any atom is 0.341 e. The van der Waals surface area contributed by atoms with E-state index in [0.29, 0.717) is 17.2 Å². The first kappa shape index (κ1) is 19.4. The molecule has 0 saturated heterocycles. The van der Waals surface area contributed by atoms with E-state index >= 15 is 0 Å². The number of benzene rings is 2. The van der Waals surface area contributed by atoms with Crippen LogP contribution in [-0.4, -0.2) is 38.4 Å². The van der Waals surface area contributed by atoms with Gasteiger partial charge < -0.3 is 9.47 Å². The molecule has 9 heteroatoms. The number of aromatic nitrogens is 2. The molecule has 0 saturated carbocycles. The Balaban J connectivity index is 1.99. The van der Waals surface area contributed by atoms with E-state index in [1.54, 1.807) is 13.0 Å². The molecule has 146 valence electrons. The Morgan fingerprint density at radius 3 is 2.43 bits per heavy atom. The van der Waals surface area contributed by atoms with Crippen molar-refractivity contribution in [3.05, 3.63) is 65.9 Å². The Morgan fingerprint density at radius 1 is 1.07 bits per heavy atom. The molecule has 2 aromatic carbocycles. The maximum atomic E-state index is 12.9. The van der Waals surface area contributed by atoms with Crippen LogP contribution in [0.25, 0.3) is 5.69 Å². The molecule has 0 atom stereocenters. The van der Waals surface area contributed by atoms with Gasteiger partial charge in [0, 0.05) is 12.1 Å². The normalized spacial score (nSPS) is 11.1. The van der Waals surface area contributed by atoms with Gasteiger partial charge in [0.1, 0.15) is 17.1 Å². The molecule has 1 heterocycles. The number of aryl methyl sites for hydroxylation is 1. The van der Waals surface area contributed by atoms with E-state index in [9.17, 15) is 13.2 Å². The summed E-state index contributed by atoms with van der Waals surface area (Å²) in [7, 11) is -1.37. The van der Waals surface area contributed by atoms with Gasteiger partial charge in [-0.3, -0.25) is 4.72 Å². The molecule has 0 aliphatic rings. The molecule has 8 nitrogen and oxygen atoms in total. The van der Waals surface area contributed by atoms with Crippen molar-refractivity contribution < 1.29 is 22.7 Å². The molecule has 0 bridgehead atoms. The SMILES string of the molecule is COC(=O)c1ccc(S(=O)(=O)Nc2cc(C)nn2-c2ccccc2)cc1OC. The molecule has 0 fully saturated rings. The molecule has 1 N–H and O–H groups in total. The number of ether oxygens (including phenoxy) is 2. The number of para-hydroxylation sites is 1. The summed E-state index contributed by atoms with van der Waals surface area (Å²) >= 11 is 0. The van der Waals surface area contributed by atoms with Gasteiger partial charge in [0.25, 0.3) is 10.0 Å². The van der Waals surface area contributed by atoms with Crippen molar-refractivity contribution in [1.29, 1.82) is 0 Å². The lowest BCUT2D eigenvalue weighted by atomic mass is 10.2. The lowest BCUT2D eigenvalue weighted by Crippen LogP contribution is -2.16. The zero-order valence-corrected chi connectivity index (χ0v) is 16.4. The quantitative estimate of drug-likeness (QED) is 0.638. The molecule has 0 aliphatic heterocycles. The van der Waals surface area contributed by atoms with E-state index in [2.05, 4.69) is 14.6 Å². The average molecular weight is 401 g/mol. The fraction of sp³-hybridized carbons (Fsp3) is 0.158. The highest BCUT2D eigenvalue weighted by atomic mass is 32.2. The van der Waals surface area contributed by atoms with Crippen LogP contribution < -0.4 is 9.46 Å². The zero-order chi connectivity index (χ0) is 20.3. The van der Waals surface area contributed by atoms with E-state index in [0.717, 1.165) is 0 Å². The molecule has 0 radical (unpaired) electrons. The van der Waals surface area contributed by atoms with Crippen LogP contribution in [0.15, 0.2) is 59.5 Å². The third-order valence-electron chi connectivity index (χ3n) is 3.96. The van der Waals surface area contributed by atoms with Crippen molar-refractivity contribution in [2.75, 3.05) is 18.9 Å². The minimum absolute atomic E-state index is 0.0598. The largest absolute Gasteiger partial charge is 0.496 e. The summed E-state index contributed by atoms with van der Waals surface area (Å²) in [6, 6.07) is 14.7. The Morgan fingerprint density at radius 2 is 1.79 bits per heavy atom. The Bertz CT molecular complexity index is 1110. The van der Waals surface area contributed by atoms with E-state index in [4.69, 9.17) is 4.74 Å². The Labute approximate surface area is 162 Å². The second-order valence-corrected chi connectivity index (χ2v) is 7.56. The Hall–Kier alpha value is -3.33. The maximum absolute atomic E-state index is 12.9. The predicted octanol–water partition coefficient (Wildman–Crippen LogP) is 2.78. The number of hydrogen-bond acceptors (Lipinski definition) is 6. The highest BCUT2D eigenvalue weighted by Gasteiger charge is 2.21. The molecule has 0 spiro atoms. The van der Waals surface area contributed by atoms with Crippen molar-refractivity contribution in [2.24, 2.45) is 0 Å². The van der Waals surface area contributed by atoms with Crippen LogP contribution in [0, 0.1) is 6.92 Å². The average Bonchev–Trinajstić information content (AvgIpc) is 3.06. The number of anilines is 1. The number of rotatable bonds is 6. The van der Waals surface area contributed by atoms with Crippen molar-refractivity contribution in [3.63, 3.8) is 0 Å². The number of hydrogen-bond donors (Lipinski definition) is 1. The number of methoxy groups -OCH3 is 2. The van der Waals surface area contributed by atoms with E-state index < -0.39 is 16.0 Å². The number of nitrogens with one attached hydrogen (secondary N) is 1. The van der Waals surface area contributed by atoms with E-state index in [1.807, 2.05) is 30.3 Å². The second kappa shape index (κ2) is 7.73. The van der Waals surface area contributed by atoms with Gasteiger partial charge in [-0.2, -0.15) is 5.10 Å². The first-order chi connectivity index (χ1) is 13.4. The summed E-state index contributed by atoms with van der Waals surface area (Å²) in [4.78, 5) is 11.7. The molecule has 3 aromatic rings. The van der Waals surface area contributed by atoms with Crippen LogP contribution in [0.1, 0.15) is 16.1 Å². The summed E-state index contributed by atoms with van der Waals surface area (Å²) < 4.78 is 39.6. The molecular weight excluding hydrogens is 382 g/mol. The smallest absolute Gasteiger partial charge is 0.341 e. The summed E-state index contributed by atoms with van der Waals surface area (Å²) in [5.41, 5.74) is 1.50.